The number of rotatable bonds is 4. The zero-order chi connectivity index (χ0) is 17.9. The number of fused-ring (bicyclic) bond motifs is 1. The number of thioether (sulfide) groups is 1. The number of hydrogen-bond donors (Lipinski definition) is 0. The first-order valence-corrected chi connectivity index (χ1v) is 10.9. The molecule has 0 saturated carbocycles. The van der Waals surface area contributed by atoms with E-state index >= 15 is 0 Å². The lowest BCUT2D eigenvalue weighted by molar-refractivity contribution is -0.129. The molecule has 1 fully saturated rings. The van der Waals surface area contributed by atoms with Crippen LogP contribution >= 0.6 is 34.7 Å². The molecule has 4 rings (SSSR count). The fourth-order valence-corrected chi connectivity index (χ4v) is 5.26. The topological polar surface area (TPSA) is 33.2 Å². The average Bonchev–Trinajstić information content (AvgIpc) is 3.12. The van der Waals surface area contributed by atoms with E-state index in [0.717, 1.165) is 46.4 Å². The van der Waals surface area contributed by atoms with Crippen LogP contribution in [0.3, 0.4) is 0 Å². The maximum Gasteiger partial charge on any atom is 0.232 e. The molecule has 6 heteroatoms. The Morgan fingerprint density at radius 3 is 2.85 bits per heavy atom. The highest BCUT2D eigenvalue weighted by atomic mass is 35.5. The number of carbonyl (C=O) groups is 1. The number of halogens is 1. The van der Waals surface area contributed by atoms with Crippen LogP contribution in [-0.4, -0.2) is 34.6 Å². The highest BCUT2D eigenvalue weighted by Crippen LogP contribution is 2.33. The van der Waals surface area contributed by atoms with E-state index in [1.54, 1.807) is 23.1 Å². The Bertz CT molecular complexity index is 877. The minimum atomic E-state index is 0.204. The van der Waals surface area contributed by atoms with Crippen LogP contribution in [0.2, 0.25) is 5.02 Å². The quantitative estimate of drug-likeness (QED) is 0.544. The predicted molar refractivity (Wildman–Crippen MR) is 110 cm³/mol. The van der Waals surface area contributed by atoms with Gasteiger partial charge in [-0.25, -0.2) is 4.98 Å². The van der Waals surface area contributed by atoms with Crippen LogP contribution in [0.1, 0.15) is 23.8 Å². The molecule has 1 atom stereocenters. The van der Waals surface area contributed by atoms with Gasteiger partial charge in [0.25, 0.3) is 0 Å². The maximum absolute atomic E-state index is 12.6. The van der Waals surface area contributed by atoms with Crippen molar-refractivity contribution in [2.75, 3.05) is 18.8 Å². The van der Waals surface area contributed by atoms with Crippen LogP contribution in [0.25, 0.3) is 10.2 Å². The van der Waals surface area contributed by atoms with Crippen molar-refractivity contribution in [1.82, 2.24) is 9.88 Å². The lowest BCUT2D eigenvalue weighted by atomic mass is 9.99. The van der Waals surface area contributed by atoms with Crippen LogP contribution in [0, 0.1) is 0 Å². The van der Waals surface area contributed by atoms with E-state index in [0.29, 0.717) is 11.7 Å². The molecular formula is C20H19ClN2OS2. The lowest BCUT2D eigenvalue weighted by Crippen LogP contribution is -2.40. The molecule has 0 aliphatic carbocycles. The molecule has 1 aliphatic heterocycles. The largest absolute Gasteiger partial charge is 0.341 e. The van der Waals surface area contributed by atoms with Crippen molar-refractivity contribution >= 4 is 50.8 Å². The first-order valence-electron chi connectivity index (χ1n) is 8.70. The van der Waals surface area contributed by atoms with Crippen molar-refractivity contribution in [3.63, 3.8) is 0 Å². The third-order valence-corrected chi connectivity index (χ3v) is 7.06. The summed E-state index contributed by atoms with van der Waals surface area (Å²) in [5, 5.41) is 1.88. The van der Waals surface area contributed by atoms with Crippen molar-refractivity contribution in [1.29, 1.82) is 0 Å². The van der Waals surface area contributed by atoms with E-state index in [4.69, 9.17) is 16.6 Å². The molecule has 0 radical (unpaired) electrons. The van der Waals surface area contributed by atoms with Crippen molar-refractivity contribution in [3.05, 3.63) is 58.6 Å². The fraction of sp³-hybridized carbons (Fsp3) is 0.300. The molecule has 1 aliphatic rings. The highest BCUT2D eigenvalue weighted by Gasteiger charge is 2.26. The Labute approximate surface area is 166 Å². The standard InChI is InChI=1S/C20H19ClN2OS2/c21-15-7-9-16(10-8-15)25-13-19(24)23-11-3-4-14(12-23)20-22-17-5-1-2-6-18(17)26-20/h1-2,5-10,14H,3-4,11-13H2/t14-/m0/s1. The SMILES string of the molecule is O=C(CSc1ccc(Cl)cc1)N1CCC[C@H](c2nc3ccccc3s2)C1. The first-order chi connectivity index (χ1) is 12.7. The minimum absolute atomic E-state index is 0.204. The number of benzene rings is 2. The number of aromatic nitrogens is 1. The van der Waals surface area contributed by atoms with Gasteiger partial charge in [0.1, 0.15) is 0 Å². The number of amides is 1. The molecule has 3 nitrogen and oxygen atoms in total. The number of para-hydroxylation sites is 1. The maximum atomic E-state index is 12.6. The number of likely N-dealkylation sites (tertiary alicyclic amines) is 1. The number of hydrogen-bond acceptors (Lipinski definition) is 4. The molecule has 3 aromatic rings. The van der Waals surface area contributed by atoms with Gasteiger partial charge in [-0.15, -0.1) is 23.1 Å². The smallest absolute Gasteiger partial charge is 0.232 e. The second-order valence-corrected chi connectivity index (χ2v) is 8.99. The normalized spacial score (nSPS) is 17.6. The molecule has 2 aromatic carbocycles. The Kier molecular flexibility index (Phi) is 5.48. The van der Waals surface area contributed by atoms with Gasteiger partial charge < -0.3 is 4.90 Å². The summed E-state index contributed by atoms with van der Waals surface area (Å²) in [7, 11) is 0. The summed E-state index contributed by atoms with van der Waals surface area (Å²) in [5.74, 6) is 1.02. The molecule has 2 heterocycles. The van der Waals surface area contributed by atoms with Crippen LogP contribution in [0.15, 0.2) is 53.4 Å². The van der Waals surface area contributed by atoms with Gasteiger partial charge in [0.05, 0.1) is 21.0 Å². The van der Waals surface area contributed by atoms with E-state index in [1.165, 1.54) is 4.70 Å². The Morgan fingerprint density at radius 2 is 2.04 bits per heavy atom. The van der Waals surface area contributed by atoms with Gasteiger partial charge in [0.15, 0.2) is 0 Å². The van der Waals surface area contributed by atoms with Gasteiger partial charge in [-0.1, -0.05) is 23.7 Å². The summed E-state index contributed by atoms with van der Waals surface area (Å²) in [6, 6.07) is 15.9. The lowest BCUT2D eigenvalue weighted by Gasteiger charge is -2.31. The van der Waals surface area contributed by atoms with Crippen LogP contribution in [-0.2, 0) is 4.79 Å². The van der Waals surface area contributed by atoms with E-state index in [-0.39, 0.29) is 5.91 Å². The second-order valence-electron chi connectivity index (χ2n) is 6.44. The number of nitrogens with zero attached hydrogens (tertiary/aromatic N) is 2. The third kappa shape index (κ3) is 4.05. The average molecular weight is 403 g/mol. The van der Waals surface area contributed by atoms with Crippen LogP contribution in [0.4, 0.5) is 0 Å². The highest BCUT2D eigenvalue weighted by molar-refractivity contribution is 8.00. The monoisotopic (exact) mass is 402 g/mol. The zero-order valence-corrected chi connectivity index (χ0v) is 16.6. The molecule has 1 saturated heterocycles. The van der Waals surface area contributed by atoms with Crippen molar-refractivity contribution in [3.8, 4) is 0 Å². The van der Waals surface area contributed by atoms with Gasteiger partial charge in [0, 0.05) is 28.9 Å². The molecule has 1 amide bonds. The zero-order valence-electron chi connectivity index (χ0n) is 14.2. The van der Waals surface area contributed by atoms with Crippen molar-refractivity contribution in [2.24, 2.45) is 0 Å². The third-order valence-electron chi connectivity index (χ3n) is 4.61. The number of piperidine rings is 1. The van der Waals surface area contributed by atoms with Gasteiger partial charge >= 0.3 is 0 Å². The van der Waals surface area contributed by atoms with Gasteiger partial charge in [-0.05, 0) is 49.2 Å². The summed E-state index contributed by atoms with van der Waals surface area (Å²) in [4.78, 5) is 20.5. The summed E-state index contributed by atoms with van der Waals surface area (Å²) in [6.45, 7) is 1.63. The Hall–Kier alpha value is -1.56. The summed E-state index contributed by atoms with van der Waals surface area (Å²) in [5.41, 5.74) is 1.06. The van der Waals surface area contributed by atoms with Gasteiger partial charge in [-0.3, -0.25) is 4.79 Å². The van der Waals surface area contributed by atoms with E-state index in [2.05, 4.69) is 18.2 Å². The van der Waals surface area contributed by atoms with Gasteiger partial charge in [0.2, 0.25) is 5.91 Å². The number of carbonyl (C=O) groups excluding carboxylic acids is 1. The Morgan fingerprint density at radius 1 is 1.23 bits per heavy atom. The van der Waals surface area contributed by atoms with E-state index < -0.39 is 0 Å². The Balaban J connectivity index is 1.39. The van der Waals surface area contributed by atoms with Crippen LogP contribution < -0.4 is 0 Å². The van der Waals surface area contributed by atoms with Crippen molar-refractivity contribution < 1.29 is 4.79 Å². The molecule has 0 unspecified atom stereocenters. The molecule has 0 bridgehead atoms. The molecular weight excluding hydrogens is 384 g/mol. The van der Waals surface area contributed by atoms with Crippen LogP contribution in [0.5, 0.6) is 0 Å². The fourth-order valence-electron chi connectivity index (χ4n) is 3.24. The molecule has 1 aromatic heterocycles. The summed E-state index contributed by atoms with van der Waals surface area (Å²) in [6.07, 6.45) is 2.14. The minimum Gasteiger partial charge on any atom is -0.341 e. The molecule has 134 valence electrons. The second kappa shape index (κ2) is 7.99. The van der Waals surface area contributed by atoms with Gasteiger partial charge in [-0.2, -0.15) is 0 Å². The summed E-state index contributed by atoms with van der Waals surface area (Å²) < 4.78 is 1.23. The van der Waals surface area contributed by atoms with Crippen molar-refractivity contribution in [2.45, 2.75) is 23.7 Å². The molecule has 26 heavy (non-hydrogen) atoms. The molecule has 0 N–H and O–H groups in total. The van der Waals surface area contributed by atoms with E-state index in [9.17, 15) is 4.79 Å². The summed E-state index contributed by atoms with van der Waals surface area (Å²) >= 11 is 9.24. The predicted octanol–water partition coefficient (Wildman–Crippen LogP) is 5.45. The first kappa shape index (κ1) is 17.8. The number of thiazole rings is 1. The van der Waals surface area contributed by atoms with E-state index in [1.807, 2.05) is 35.2 Å². The molecule has 0 spiro atoms.